The number of hydrogen-bond donors (Lipinski definition) is 1. The number of nitrogens with one attached hydrogen (secondary N) is 1. The normalized spacial score (nSPS) is 10.1. The van der Waals surface area contributed by atoms with Crippen LogP contribution < -0.4 is 5.32 Å². The first kappa shape index (κ1) is 13.4. The lowest BCUT2D eigenvalue weighted by Gasteiger charge is -2.02. The van der Waals surface area contributed by atoms with Gasteiger partial charge in [-0.1, -0.05) is 12.1 Å². The number of benzene rings is 1. The lowest BCUT2D eigenvalue weighted by Crippen LogP contribution is -2.10. The molecule has 0 saturated heterocycles. The van der Waals surface area contributed by atoms with E-state index in [0.717, 1.165) is 12.2 Å². The van der Waals surface area contributed by atoms with Crippen molar-refractivity contribution in [3.63, 3.8) is 0 Å². The van der Waals surface area contributed by atoms with Crippen molar-refractivity contribution in [2.75, 3.05) is 12.4 Å². The third kappa shape index (κ3) is 3.71. The lowest BCUT2D eigenvalue weighted by molar-refractivity contribution is -0.383. The monoisotopic (exact) mass is 250 g/mol. The van der Waals surface area contributed by atoms with Crippen molar-refractivity contribution >= 4 is 23.3 Å². The molecule has 1 amide bonds. The number of rotatable bonds is 4. The number of nitro benzene ring substituents is 1. The van der Waals surface area contributed by atoms with Crippen LogP contribution in [-0.4, -0.2) is 23.9 Å². The van der Waals surface area contributed by atoms with E-state index in [2.05, 4.69) is 10.1 Å². The predicted octanol–water partition coefficient (Wildman–Crippen LogP) is 1.26. The summed E-state index contributed by atoms with van der Waals surface area (Å²) in [5.41, 5.74) is -0.167. The summed E-state index contributed by atoms with van der Waals surface area (Å²) in [6, 6.07) is 5.69. The Morgan fingerprint density at radius 2 is 2.00 bits per heavy atom. The molecule has 0 spiro atoms. The van der Waals surface area contributed by atoms with Gasteiger partial charge >= 0.3 is 5.97 Å². The number of hydrogen-bond acceptors (Lipinski definition) is 5. The minimum Gasteiger partial charge on any atom is -0.466 e. The number of ether oxygens (including phenoxy) is 1. The number of nitrogens with zero attached hydrogens (tertiary/aromatic N) is 1. The minimum absolute atomic E-state index is 0.0574. The molecule has 0 aliphatic carbocycles. The summed E-state index contributed by atoms with van der Waals surface area (Å²) in [6.07, 6.45) is 1.85. The van der Waals surface area contributed by atoms with Crippen LogP contribution >= 0.6 is 0 Å². The molecule has 0 atom stereocenters. The van der Waals surface area contributed by atoms with E-state index in [1.807, 2.05) is 0 Å². The number of esters is 1. The first-order chi connectivity index (χ1) is 8.54. The summed E-state index contributed by atoms with van der Waals surface area (Å²) in [4.78, 5) is 32.2. The molecule has 0 bridgehead atoms. The number of para-hydroxylation sites is 2. The lowest BCUT2D eigenvalue weighted by atomic mass is 10.2. The third-order valence-electron chi connectivity index (χ3n) is 1.93. The number of carbonyl (C=O) groups excluding carboxylic acids is 2. The van der Waals surface area contributed by atoms with Crippen LogP contribution in [0.4, 0.5) is 11.4 Å². The average Bonchev–Trinajstić information content (AvgIpc) is 2.36. The molecule has 7 nitrogen and oxygen atoms in total. The van der Waals surface area contributed by atoms with Gasteiger partial charge in [0.05, 0.1) is 12.0 Å². The molecular formula is C11H10N2O5. The highest BCUT2D eigenvalue weighted by Gasteiger charge is 2.13. The van der Waals surface area contributed by atoms with Crippen LogP contribution in [-0.2, 0) is 14.3 Å². The van der Waals surface area contributed by atoms with Gasteiger partial charge in [0, 0.05) is 18.2 Å². The molecule has 1 rings (SSSR count). The average molecular weight is 250 g/mol. The van der Waals surface area contributed by atoms with Gasteiger partial charge < -0.3 is 10.1 Å². The Morgan fingerprint density at radius 3 is 2.61 bits per heavy atom. The van der Waals surface area contributed by atoms with Crippen molar-refractivity contribution in [1.82, 2.24) is 0 Å². The number of anilines is 1. The third-order valence-corrected chi connectivity index (χ3v) is 1.93. The Kier molecular flexibility index (Phi) is 4.56. The summed E-state index contributed by atoms with van der Waals surface area (Å²) in [6.45, 7) is 0. The predicted molar refractivity (Wildman–Crippen MR) is 62.9 cm³/mol. The van der Waals surface area contributed by atoms with Gasteiger partial charge in [-0.2, -0.15) is 0 Å². The zero-order valence-electron chi connectivity index (χ0n) is 9.45. The van der Waals surface area contributed by atoms with Crippen LogP contribution in [0.2, 0.25) is 0 Å². The molecule has 0 fully saturated rings. The molecule has 1 N–H and O–H groups in total. The smallest absolute Gasteiger partial charge is 0.330 e. The standard InChI is InChI=1S/C11H10N2O5/c1-18-11(15)7-6-10(14)12-8-4-2-3-5-9(8)13(16)17/h2-7H,1H3,(H,12,14)/b7-6+. The van der Waals surface area contributed by atoms with Crippen molar-refractivity contribution in [3.05, 3.63) is 46.5 Å². The zero-order chi connectivity index (χ0) is 13.5. The highest BCUT2D eigenvalue weighted by molar-refractivity contribution is 6.03. The highest BCUT2D eigenvalue weighted by atomic mass is 16.6. The first-order valence-corrected chi connectivity index (χ1v) is 4.85. The molecule has 1 aromatic carbocycles. The van der Waals surface area contributed by atoms with Crippen molar-refractivity contribution in [3.8, 4) is 0 Å². The van der Waals surface area contributed by atoms with Gasteiger partial charge in [-0.15, -0.1) is 0 Å². The van der Waals surface area contributed by atoms with Crippen molar-refractivity contribution in [1.29, 1.82) is 0 Å². The van der Waals surface area contributed by atoms with Crippen LogP contribution in [0, 0.1) is 10.1 Å². The molecule has 94 valence electrons. The second-order valence-electron chi connectivity index (χ2n) is 3.12. The molecule has 7 heteroatoms. The summed E-state index contributed by atoms with van der Waals surface area (Å²) in [7, 11) is 1.17. The van der Waals surface area contributed by atoms with Gasteiger partial charge in [0.15, 0.2) is 0 Å². The molecule has 0 aliphatic heterocycles. The van der Waals surface area contributed by atoms with Crippen LogP contribution in [0.25, 0.3) is 0 Å². The van der Waals surface area contributed by atoms with Crippen LogP contribution in [0.15, 0.2) is 36.4 Å². The molecule has 0 heterocycles. The first-order valence-electron chi connectivity index (χ1n) is 4.85. The minimum atomic E-state index is -0.687. The van der Waals surface area contributed by atoms with Crippen molar-refractivity contribution in [2.45, 2.75) is 0 Å². The van der Waals surface area contributed by atoms with E-state index in [1.54, 1.807) is 6.07 Å². The maximum atomic E-state index is 11.4. The van der Waals surface area contributed by atoms with Gasteiger partial charge in [-0.3, -0.25) is 14.9 Å². The maximum absolute atomic E-state index is 11.4. The second kappa shape index (κ2) is 6.14. The maximum Gasteiger partial charge on any atom is 0.330 e. The van der Waals surface area contributed by atoms with Gasteiger partial charge in [-0.25, -0.2) is 4.79 Å². The fraction of sp³-hybridized carbons (Fsp3) is 0.0909. The summed E-state index contributed by atoms with van der Waals surface area (Å²) < 4.78 is 4.30. The van der Waals surface area contributed by atoms with E-state index >= 15 is 0 Å². The molecule has 0 radical (unpaired) electrons. The molecular weight excluding hydrogens is 240 g/mol. The molecule has 0 unspecified atom stereocenters. The van der Waals surface area contributed by atoms with E-state index in [0.29, 0.717) is 0 Å². The topological polar surface area (TPSA) is 98.5 Å². The Bertz CT molecular complexity index is 510. The van der Waals surface area contributed by atoms with Crippen LogP contribution in [0.1, 0.15) is 0 Å². The van der Waals surface area contributed by atoms with Crippen LogP contribution in [0.3, 0.4) is 0 Å². The largest absolute Gasteiger partial charge is 0.466 e. The molecule has 1 aromatic rings. The Labute approximate surface area is 102 Å². The number of carbonyl (C=O) groups is 2. The summed E-state index contributed by atoms with van der Waals surface area (Å²) in [5.74, 6) is -1.34. The molecule has 0 aromatic heterocycles. The highest BCUT2D eigenvalue weighted by Crippen LogP contribution is 2.22. The quantitative estimate of drug-likeness (QED) is 0.375. The van der Waals surface area contributed by atoms with Crippen LogP contribution in [0.5, 0.6) is 0 Å². The van der Waals surface area contributed by atoms with Gasteiger partial charge in [0.25, 0.3) is 5.69 Å². The van der Waals surface area contributed by atoms with Gasteiger partial charge in [-0.05, 0) is 6.07 Å². The van der Waals surface area contributed by atoms with Crippen molar-refractivity contribution < 1.29 is 19.2 Å². The fourth-order valence-corrected chi connectivity index (χ4v) is 1.12. The summed E-state index contributed by atoms with van der Waals surface area (Å²) in [5, 5.41) is 13.0. The summed E-state index contributed by atoms with van der Waals surface area (Å²) >= 11 is 0. The number of methoxy groups -OCH3 is 1. The Hall–Kier alpha value is -2.70. The van der Waals surface area contributed by atoms with E-state index in [4.69, 9.17) is 0 Å². The number of nitro groups is 1. The van der Waals surface area contributed by atoms with E-state index < -0.39 is 16.8 Å². The van der Waals surface area contributed by atoms with E-state index in [9.17, 15) is 19.7 Å². The SMILES string of the molecule is COC(=O)/C=C/C(=O)Nc1ccccc1[N+](=O)[O-]. The molecule has 0 aliphatic rings. The Balaban J connectivity index is 2.79. The van der Waals surface area contributed by atoms with Gasteiger partial charge in [0.1, 0.15) is 5.69 Å². The van der Waals surface area contributed by atoms with E-state index in [1.165, 1.54) is 25.3 Å². The Morgan fingerprint density at radius 1 is 1.33 bits per heavy atom. The molecule has 18 heavy (non-hydrogen) atoms. The van der Waals surface area contributed by atoms with Gasteiger partial charge in [0.2, 0.25) is 5.91 Å². The second-order valence-corrected chi connectivity index (χ2v) is 3.12. The fourth-order valence-electron chi connectivity index (χ4n) is 1.12. The zero-order valence-corrected chi connectivity index (χ0v) is 9.45. The number of amides is 1. The van der Waals surface area contributed by atoms with E-state index in [-0.39, 0.29) is 11.4 Å². The van der Waals surface area contributed by atoms with Crippen molar-refractivity contribution in [2.24, 2.45) is 0 Å². The molecule has 0 saturated carbocycles.